The van der Waals surface area contributed by atoms with Gasteiger partial charge in [0.1, 0.15) is 5.82 Å². The lowest BCUT2D eigenvalue weighted by Crippen LogP contribution is -2.03. The minimum atomic E-state index is -1.01. The van der Waals surface area contributed by atoms with Crippen molar-refractivity contribution in [2.24, 2.45) is 0 Å². The third-order valence-electron chi connectivity index (χ3n) is 1.63. The highest BCUT2D eigenvalue weighted by Crippen LogP contribution is 2.10. The van der Waals surface area contributed by atoms with Crippen molar-refractivity contribution in [3.05, 3.63) is 41.5 Å². The monoisotopic (exact) mass is 212 g/mol. The normalized spacial score (nSPS) is 11.3. The fourth-order valence-electron chi connectivity index (χ4n) is 0.964. The van der Waals surface area contributed by atoms with Crippen LogP contribution in [0.3, 0.4) is 0 Å². The summed E-state index contributed by atoms with van der Waals surface area (Å²) in [5.74, 6) is -2.42. The Bertz CT molecular complexity index is 369. The Kier molecular flexibility index (Phi) is 3.97. The van der Waals surface area contributed by atoms with Crippen LogP contribution in [0, 0.1) is 5.82 Å². The summed E-state index contributed by atoms with van der Waals surface area (Å²) in [6.07, 6.45) is 0.997. The van der Waals surface area contributed by atoms with E-state index in [0.29, 0.717) is 5.56 Å². The molecule has 0 fully saturated rings. The van der Waals surface area contributed by atoms with Gasteiger partial charge in [-0.3, -0.25) is 0 Å². The topological polar surface area (TPSA) is 26.3 Å². The van der Waals surface area contributed by atoms with Crippen LogP contribution in [-0.4, -0.2) is 12.6 Å². The quantitative estimate of drug-likeness (QED) is 0.568. The third-order valence-corrected chi connectivity index (χ3v) is 1.63. The van der Waals surface area contributed by atoms with E-state index in [1.54, 1.807) is 6.92 Å². The van der Waals surface area contributed by atoms with Gasteiger partial charge >= 0.3 is 5.97 Å². The molecular weight excluding hydrogens is 202 g/mol. The molecule has 1 aromatic rings. The minimum Gasteiger partial charge on any atom is -0.461 e. The van der Waals surface area contributed by atoms with Crippen molar-refractivity contribution < 1.29 is 18.3 Å². The highest BCUT2D eigenvalue weighted by Gasteiger charge is 2.08. The molecule has 15 heavy (non-hydrogen) atoms. The van der Waals surface area contributed by atoms with Crippen molar-refractivity contribution in [1.82, 2.24) is 0 Å². The number of carbonyl (C=O) groups excluding carboxylic acids is 1. The van der Waals surface area contributed by atoms with Gasteiger partial charge in [0, 0.05) is 0 Å². The highest BCUT2D eigenvalue weighted by atomic mass is 19.1. The van der Waals surface area contributed by atoms with Crippen molar-refractivity contribution in [2.45, 2.75) is 6.92 Å². The van der Waals surface area contributed by atoms with Crippen LogP contribution in [0.15, 0.2) is 30.1 Å². The number of rotatable bonds is 3. The zero-order valence-corrected chi connectivity index (χ0v) is 8.17. The first-order valence-electron chi connectivity index (χ1n) is 4.43. The Labute approximate surface area is 86.2 Å². The largest absolute Gasteiger partial charge is 0.461 e. The number of halogens is 2. The lowest BCUT2D eigenvalue weighted by Gasteiger charge is -1.98. The summed E-state index contributed by atoms with van der Waals surface area (Å²) >= 11 is 0. The third kappa shape index (κ3) is 3.50. The molecule has 1 aromatic carbocycles. The van der Waals surface area contributed by atoms with Crippen LogP contribution in [0.2, 0.25) is 0 Å². The second-order valence-corrected chi connectivity index (χ2v) is 2.76. The summed E-state index contributed by atoms with van der Waals surface area (Å²) in [6, 6.07) is 5.11. The van der Waals surface area contributed by atoms with Gasteiger partial charge in [0.2, 0.25) is 5.83 Å². The molecule has 0 amide bonds. The van der Waals surface area contributed by atoms with Crippen molar-refractivity contribution in [1.29, 1.82) is 0 Å². The first kappa shape index (κ1) is 11.4. The molecule has 0 radical (unpaired) electrons. The molecular formula is C11H10F2O2. The van der Waals surface area contributed by atoms with Gasteiger partial charge in [0.15, 0.2) is 0 Å². The van der Waals surface area contributed by atoms with Crippen LogP contribution in [0.25, 0.3) is 6.08 Å². The predicted octanol–water partition coefficient (Wildman–Crippen LogP) is 2.70. The molecule has 0 N–H and O–H groups in total. The molecule has 0 saturated heterocycles. The molecule has 0 atom stereocenters. The maximum absolute atomic E-state index is 13.1. The van der Waals surface area contributed by atoms with Crippen molar-refractivity contribution >= 4 is 12.0 Å². The second kappa shape index (κ2) is 5.24. The number of esters is 1. The number of ether oxygens (including phenoxy) is 1. The maximum atomic E-state index is 13.1. The molecule has 1 rings (SSSR count). The zero-order valence-electron chi connectivity index (χ0n) is 8.17. The number of hydrogen-bond donors (Lipinski definition) is 0. The first-order chi connectivity index (χ1) is 7.13. The lowest BCUT2D eigenvalue weighted by atomic mass is 10.2. The van der Waals surface area contributed by atoms with E-state index in [0.717, 1.165) is 6.08 Å². The van der Waals surface area contributed by atoms with Crippen molar-refractivity contribution in [3.8, 4) is 0 Å². The van der Waals surface area contributed by atoms with E-state index in [4.69, 9.17) is 0 Å². The van der Waals surface area contributed by atoms with Crippen molar-refractivity contribution in [3.63, 3.8) is 0 Å². The van der Waals surface area contributed by atoms with E-state index in [-0.39, 0.29) is 6.61 Å². The van der Waals surface area contributed by atoms with E-state index in [1.165, 1.54) is 24.3 Å². The summed E-state index contributed by atoms with van der Waals surface area (Å²) in [7, 11) is 0. The molecule has 0 bridgehead atoms. The fraction of sp³-hybridized carbons (Fsp3) is 0.182. The van der Waals surface area contributed by atoms with Crippen LogP contribution < -0.4 is 0 Å². The lowest BCUT2D eigenvalue weighted by molar-refractivity contribution is -0.140. The zero-order chi connectivity index (χ0) is 11.3. The summed E-state index contributed by atoms with van der Waals surface area (Å²) < 4.78 is 30.0. The van der Waals surface area contributed by atoms with E-state index in [9.17, 15) is 13.6 Å². The summed E-state index contributed by atoms with van der Waals surface area (Å²) in [6.45, 7) is 1.70. The fourth-order valence-corrected chi connectivity index (χ4v) is 0.964. The summed E-state index contributed by atoms with van der Waals surface area (Å²) in [4.78, 5) is 10.9. The van der Waals surface area contributed by atoms with E-state index in [2.05, 4.69) is 4.74 Å². The van der Waals surface area contributed by atoms with Gasteiger partial charge in [0.05, 0.1) is 6.61 Å². The molecule has 0 spiro atoms. The predicted molar refractivity (Wildman–Crippen MR) is 52.1 cm³/mol. The van der Waals surface area contributed by atoms with Crippen LogP contribution in [0.1, 0.15) is 12.5 Å². The Morgan fingerprint density at radius 2 is 2.00 bits per heavy atom. The standard InChI is InChI=1S/C11H10F2O2/c1-2-15-11(14)10(13)7-8-3-5-9(12)6-4-8/h3-7H,2H2,1H3. The smallest absolute Gasteiger partial charge is 0.367 e. The average molecular weight is 212 g/mol. The van der Waals surface area contributed by atoms with Crippen LogP contribution in [-0.2, 0) is 9.53 Å². The molecule has 0 heterocycles. The minimum absolute atomic E-state index is 0.115. The molecule has 4 heteroatoms. The molecule has 0 aliphatic heterocycles. The van der Waals surface area contributed by atoms with Gasteiger partial charge < -0.3 is 4.74 Å². The van der Waals surface area contributed by atoms with Gasteiger partial charge in [-0.15, -0.1) is 0 Å². The highest BCUT2D eigenvalue weighted by molar-refractivity contribution is 5.91. The molecule has 2 nitrogen and oxygen atoms in total. The Morgan fingerprint density at radius 1 is 1.40 bits per heavy atom. The summed E-state index contributed by atoms with van der Waals surface area (Å²) in [5, 5.41) is 0. The van der Waals surface area contributed by atoms with Gasteiger partial charge in [0.25, 0.3) is 0 Å². The molecule has 80 valence electrons. The van der Waals surface area contributed by atoms with Crippen molar-refractivity contribution in [2.75, 3.05) is 6.61 Å². The van der Waals surface area contributed by atoms with E-state index < -0.39 is 17.6 Å². The van der Waals surface area contributed by atoms with E-state index >= 15 is 0 Å². The molecule has 0 aliphatic carbocycles. The number of benzene rings is 1. The SMILES string of the molecule is CCOC(=O)C(F)=Cc1ccc(F)cc1. The Balaban J connectivity index is 2.78. The summed E-state index contributed by atoms with van der Waals surface area (Å²) in [5.41, 5.74) is 0.405. The molecule has 0 aliphatic rings. The Hall–Kier alpha value is -1.71. The second-order valence-electron chi connectivity index (χ2n) is 2.76. The van der Waals surface area contributed by atoms with Crippen LogP contribution in [0.5, 0.6) is 0 Å². The van der Waals surface area contributed by atoms with Gasteiger partial charge in [-0.25, -0.2) is 9.18 Å². The number of hydrogen-bond acceptors (Lipinski definition) is 2. The van der Waals surface area contributed by atoms with Crippen LogP contribution >= 0.6 is 0 Å². The van der Waals surface area contributed by atoms with Crippen LogP contribution in [0.4, 0.5) is 8.78 Å². The average Bonchev–Trinajstić information content (AvgIpc) is 2.22. The van der Waals surface area contributed by atoms with Gasteiger partial charge in [-0.1, -0.05) is 12.1 Å². The van der Waals surface area contributed by atoms with Gasteiger partial charge in [-0.2, -0.15) is 4.39 Å². The van der Waals surface area contributed by atoms with E-state index in [1.807, 2.05) is 0 Å². The molecule has 0 unspecified atom stereocenters. The Morgan fingerprint density at radius 3 is 2.53 bits per heavy atom. The molecule has 0 saturated carbocycles. The molecule has 0 aromatic heterocycles. The maximum Gasteiger partial charge on any atom is 0.367 e. The number of carbonyl (C=O) groups is 1. The first-order valence-corrected chi connectivity index (χ1v) is 4.43. The van der Waals surface area contributed by atoms with Gasteiger partial charge in [-0.05, 0) is 30.7 Å².